The summed E-state index contributed by atoms with van der Waals surface area (Å²) in [5.41, 5.74) is 0. The molecule has 0 radical (unpaired) electrons. The zero-order valence-electron chi connectivity index (χ0n) is 4.55. The van der Waals surface area contributed by atoms with Crippen molar-refractivity contribution in [1.29, 1.82) is 5.41 Å². The lowest BCUT2D eigenvalue weighted by molar-refractivity contribution is -0.00834. The monoisotopic (exact) mass is 118 g/mol. The molecule has 0 unspecified atom stereocenters. The molecule has 4 nitrogen and oxygen atoms in total. The van der Waals surface area contributed by atoms with E-state index in [1.54, 1.807) is 0 Å². The van der Waals surface area contributed by atoms with Crippen LogP contribution in [0, 0.1) is 5.41 Å². The van der Waals surface area contributed by atoms with Gasteiger partial charge >= 0.3 is 0 Å². The zero-order valence-corrected chi connectivity index (χ0v) is 4.55. The number of nitrogens with one attached hydrogen (secondary N) is 2. The lowest BCUT2D eigenvalue weighted by atomic mass is 10.7. The topological polar surface area (TPSA) is 65.3 Å². The standard InChI is InChI=1S/C4H10N2O2/c5-1-2-6-3-8-4-7/h1,5-7H,2-4H2. The molecule has 0 aliphatic rings. The summed E-state index contributed by atoms with van der Waals surface area (Å²) in [6.45, 7) is 0.511. The van der Waals surface area contributed by atoms with Gasteiger partial charge in [0, 0.05) is 12.8 Å². The summed E-state index contributed by atoms with van der Waals surface area (Å²) in [5, 5.41) is 17.3. The Morgan fingerprint density at radius 1 is 1.75 bits per heavy atom. The van der Waals surface area contributed by atoms with Gasteiger partial charge in [-0.1, -0.05) is 0 Å². The number of aliphatic hydroxyl groups excluding tert-OH is 1. The van der Waals surface area contributed by atoms with Gasteiger partial charge in [0.1, 0.15) is 6.79 Å². The second-order valence-electron chi connectivity index (χ2n) is 1.14. The molecule has 0 saturated carbocycles. The third kappa shape index (κ3) is 5.55. The molecule has 0 aromatic carbocycles. The molecular weight excluding hydrogens is 108 g/mol. The molecule has 4 heteroatoms. The predicted molar refractivity (Wildman–Crippen MR) is 29.8 cm³/mol. The summed E-state index contributed by atoms with van der Waals surface area (Å²) in [7, 11) is 0. The maximum atomic E-state index is 8.05. The fourth-order valence-electron chi connectivity index (χ4n) is 0.249. The molecule has 48 valence electrons. The van der Waals surface area contributed by atoms with Crippen LogP contribution >= 0.6 is 0 Å². The van der Waals surface area contributed by atoms with Gasteiger partial charge in [0.25, 0.3) is 0 Å². The van der Waals surface area contributed by atoms with Gasteiger partial charge in [-0.2, -0.15) is 0 Å². The number of rotatable bonds is 5. The molecule has 8 heavy (non-hydrogen) atoms. The molecule has 0 aliphatic heterocycles. The first kappa shape index (κ1) is 7.55. The molecule has 0 saturated heterocycles. The van der Waals surface area contributed by atoms with Gasteiger partial charge in [0.15, 0.2) is 0 Å². The first-order chi connectivity index (χ1) is 3.91. The maximum absolute atomic E-state index is 8.05. The SMILES string of the molecule is N=CCNCOCO. The average Bonchev–Trinajstić information content (AvgIpc) is 1.81. The van der Waals surface area contributed by atoms with Crippen molar-refractivity contribution in [3.63, 3.8) is 0 Å². The molecule has 0 heterocycles. The normalized spacial score (nSPS) is 9.12. The summed E-state index contributed by atoms with van der Waals surface area (Å²) in [6, 6.07) is 0. The highest BCUT2D eigenvalue weighted by atomic mass is 16.6. The molecule has 0 amide bonds. The van der Waals surface area contributed by atoms with Gasteiger partial charge in [-0.25, -0.2) is 0 Å². The Hall–Kier alpha value is -0.450. The summed E-state index contributed by atoms with van der Waals surface area (Å²) in [4.78, 5) is 0. The van der Waals surface area contributed by atoms with Crippen LogP contribution in [0.2, 0.25) is 0 Å². The van der Waals surface area contributed by atoms with Gasteiger partial charge in [-0.15, -0.1) is 0 Å². The Kier molecular flexibility index (Phi) is 6.18. The third-order valence-corrected chi connectivity index (χ3v) is 0.542. The van der Waals surface area contributed by atoms with Crippen molar-refractivity contribution in [1.82, 2.24) is 5.32 Å². The molecule has 0 aliphatic carbocycles. The fourth-order valence-corrected chi connectivity index (χ4v) is 0.249. The summed E-state index contributed by atoms with van der Waals surface area (Å²) < 4.78 is 4.48. The molecule has 0 fully saturated rings. The minimum Gasteiger partial charge on any atom is -0.371 e. The van der Waals surface area contributed by atoms with E-state index in [0.29, 0.717) is 13.3 Å². The van der Waals surface area contributed by atoms with Gasteiger partial charge in [0.2, 0.25) is 0 Å². The highest BCUT2D eigenvalue weighted by molar-refractivity contribution is 5.55. The van der Waals surface area contributed by atoms with Crippen molar-refractivity contribution in [3.05, 3.63) is 0 Å². The van der Waals surface area contributed by atoms with E-state index >= 15 is 0 Å². The second kappa shape index (κ2) is 6.55. The zero-order chi connectivity index (χ0) is 6.24. The Morgan fingerprint density at radius 3 is 3.00 bits per heavy atom. The van der Waals surface area contributed by atoms with Gasteiger partial charge < -0.3 is 15.3 Å². The van der Waals surface area contributed by atoms with Crippen molar-refractivity contribution in [2.45, 2.75) is 0 Å². The Bertz CT molecular complexity index is 58.0. The minimum atomic E-state index is -0.273. The smallest absolute Gasteiger partial charge is 0.145 e. The molecule has 0 bridgehead atoms. The molecule has 0 spiro atoms. The lowest BCUT2D eigenvalue weighted by Gasteiger charge is -1.97. The van der Waals surface area contributed by atoms with E-state index in [1.165, 1.54) is 6.21 Å². The van der Waals surface area contributed by atoms with Crippen LogP contribution < -0.4 is 5.32 Å². The van der Waals surface area contributed by atoms with Crippen LogP contribution in [0.3, 0.4) is 0 Å². The van der Waals surface area contributed by atoms with E-state index < -0.39 is 0 Å². The average molecular weight is 118 g/mol. The highest BCUT2D eigenvalue weighted by Gasteiger charge is 1.78. The van der Waals surface area contributed by atoms with Gasteiger partial charge in [0.05, 0.1) is 6.73 Å². The third-order valence-electron chi connectivity index (χ3n) is 0.542. The molecule has 0 rings (SSSR count). The van der Waals surface area contributed by atoms with Crippen LogP contribution in [0.5, 0.6) is 0 Å². The van der Waals surface area contributed by atoms with Crippen LogP contribution in [-0.2, 0) is 4.74 Å². The molecule has 0 atom stereocenters. The van der Waals surface area contributed by atoms with Crippen LogP contribution in [0.15, 0.2) is 0 Å². The molecule has 3 N–H and O–H groups in total. The summed E-state index contributed by atoms with van der Waals surface area (Å²) >= 11 is 0. The molecular formula is C4H10N2O2. The predicted octanol–water partition coefficient (Wildman–Crippen LogP) is -0.851. The Balaban J connectivity index is 2.62. The summed E-state index contributed by atoms with van der Waals surface area (Å²) in [5.74, 6) is 0. The maximum Gasteiger partial charge on any atom is 0.145 e. The van der Waals surface area contributed by atoms with E-state index in [2.05, 4.69) is 10.1 Å². The van der Waals surface area contributed by atoms with E-state index in [1.807, 2.05) is 0 Å². The second-order valence-corrected chi connectivity index (χ2v) is 1.14. The number of hydrogen-bond acceptors (Lipinski definition) is 4. The van der Waals surface area contributed by atoms with Crippen LogP contribution in [0.4, 0.5) is 0 Å². The van der Waals surface area contributed by atoms with Crippen molar-refractivity contribution in [2.75, 3.05) is 20.1 Å². The lowest BCUT2D eigenvalue weighted by Crippen LogP contribution is -2.19. The van der Waals surface area contributed by atoms with Gasteiger partial charge in [-0.3, -0.25) is 5.32 Å². The largest absolute Gasteiger partial charge is 0.371 e. The summed E-state index contributed by atoms with van der Waals surface area (Å²) in [6.07, 6.45) is 1.22. The number of ether oxygens (including phenoxy) is 1. The van der Waals surface area contributed by atoms with Crippen molar-refractivity contribution >= 4 is 6.21 Å². The fraction of sp³-hybridized carbons (Fsp3) is 0.750. The Morgan fingerprint density at radius 2 is 2.50 bits per heavy atom. The van der Waals surface area contributed by atoms with Crippen molar-refractivity contribution in [2.24, 2.45) is 0 Å². The van der Waals surface area contributed by atoms with Crippen LogP contribution in [0.1, 0.15) is 0 Å². The molecule has 0 aromatic rings. The number of aliphatic hydroxyl groups is 1. The van der Waals surface area contributed by atoms with Crippen LogP contribution in [-0.4, -0.2) is 31.4 Å². The van der Waals surface area contributed by atoms with E-state index in [-0.39, 0.29) is 6.79 Å². The van der Waals surface area contributed by atoms with Gasteiger partial charge in [-0.05, 0) is 0 Å². The number of hydrogen-bond donors (Lipinski definition) is 3. The molecule has 0 aromatic heterocycles. The van der Waals surface area contributed by atoms with E-state index in [4.69, 9.17) is 10.5 Å². The van der Waals surface area contributed by atoms with E-state index in [0.717, 1.165) is 0 Å². The van der Waals surface area contributed by atoms with Crippen molar-refractivity contribution in [3.8, 4) is 0 Å². The minimum absolute atomic E-state index is 0.273. The van der Waals surface area contributed by atoms with Crippen LogP contribution in [0.25, 0.3) is 0 Å². The van der Waals surface area contributed by atoms with E-state index in [9.17, 15) is 0 Å². The first-order valence-corrected chi connectivity index (χ1v) is 2.30. The highest BCUT2D eigenvalue weighted by Crippen LogP contribution is 1.61. The quantitative estimate of drug-likeness (QED) is 0.250. The Labute approximate surface area is 48.0 Å². The van der Waals surface area contributed by atoms with Crippen molar-refractivity contribution < 1.29 is 9.84 Å². The first-order valence-electron chi connectivity index (χ1n) is 2.30.